The summed E-state index contributed by atoms with van der Waals surface area (Å²) in [5.41, 5.74) is 7.17. The average Bonchev–Trinajstić information content (AvgIpc) is 2.45. The summed E-state index contributed by atoms with van der Waals surface area (Å²) in [5.74, 6) is 0.260. The van der Waals surface area contributed by atoms with E-state index in [0.29, 0.717) is 11.4 Å². The first-order chi connectivity index (χ1) is 10.0. The van der Waals surface area contributed by atoms with Gasteiger partial charge in [-0.15, -0.1) is 0 Å². The standard InChI is InChI=1S/C15H15BrN2O3/c1-3-20-15(19)12-7-11(17)8-18-14(12)21-13-6-10(16)5-4-9(13)2/h4-8H,3,17H2,1-2H3. The van der Waals surface area contributed by atoms with Gasteiger partial charge in [0.2, 0.25) is 5.88 Å². The number of carbonyl (C=O) groups excluding carboxylic acids is 1. The fourth-order valence-electron chi connectivity index (χ4n) is 1.69. The molecule has 5 nitrogen and oxygen atoms in total. The van der Waals surface area contributed by atoms with E-state index in [9.17, 15) is 4.79 Å². The summed E-state index contributed by atoms with van der Waals surface area (Å²) in [6.07, 6.45) is 1.44. The molecule has 0 spiro atoms. The van der Waals surface area contributed by atoms with E-state index < -0.39 is 5.97 Å². The summed E-state index contributed by atoms with van der Waals surface area (Å²) in [6, 6.07) is 7.11. The third-order valence-corrected chi connectivity index (χ3v) is 3.22. The Morgan fingerprint density at radius 3 is 2.86 bits per heavy atom. The zero-order valence-electron chi connectivity index (χ0n) is 11.7. The number of pyridine rings is 1. The molecule has 1 aromatic heterocycles. The molecule has 110 valence electrons. The highest BCUT2D eigenvalue weighted by Gasteiger charge is 2.17. The molecule has 0 radical (unpaired) electrons. The summed E-state index contributed by atoms with van der Waals surface area (Å²) >= 11 is 3.38. The van der Waals surface area contributed by atoms with E-state index >= 15 is 0 Å². The minimum atomic E-state index is -0.514. The lowest BCUT2D eigenvalue weighted by molar-refractivity contribution is 0.0522. The van der Waals surface area contributed by atoms with E-state index in [-0.39, 0.29) is 18.1 Å². The van der Waals surface area contributed by atoms with E-state index in [0.717, 1.165) is 10.0 Å². The third-order valence-electron chi connectivity index (χ3n) is 2.72. The predicted octanol–water partition coefficient (Wildman–Crippen LogP) is 3.70. The van der Waals surface area contributed by atoms with Crippen LogP contribution in [-0.2, 0) is 4.74 Å². The van der Waals surface area contributed by atoms with Gasteiger partial charge in [-0.3, -0.25) is 0 Å². The molecule has 0 saturated carbocycles. The zero-order chi connectivity index (χ0) is 15.4. The fourth-order valence-corrected chi connectivity index (χ4v) is 2.03. The Morgan fingerprint density at radius 1 is 1.38 bits per heavy atom. The van der Waals surface area contributed by atoms with Crippen molar-refractivity contribution in [2.24, 2.45) is 0 Å². The zero-order valence-corrected chi connectivity index (χ0v) is 13.3. The van der Waals surface area contributed by atoms with Crippen LogP contribution in [0.5, 0.6) is 11.6 Å². The van der Waals surface area contributed by atoms with Gasteiger partial charge in [0.25, 0.3) is 0 Å². The van der Waals surface area contributed by atoms with Gasteiger partial charge in [-0.1, -0.05) is 22.0 Å². The Labute approximate surface area is 131 Å². The van der Waals surface area contributed by atoms with E-state index in [1.54, 1.807) is 6.92 Å². The maximum absolute atomic E-state index is 12.0. The van der Waals surface area contributed by atoms with Gasteiger partial charge in [0.15, 0.2) is 0 Å². The first-order valence-corrected chi connectivity index (χ1v) is 7.17. The van der Waals surface area contributed by atoms with Crippen LogP contribution in [0, 0.1) is 6.92 Å². The van der Waals surface area contributed by atoms with E-state index in [1.807, 2.05) is 25.1 Å². The topological polar surface area (TPSA) is 74.4 Å². The van der Waals surface area contributed by atoms with E-state index in [2.05, 4.69) is 20.9 Å². The van der Waals surface area contributed by atoms with Gasteiger partial charge in [-0.05, 0) is 37.6 Å². The molecule has 0 unspecified atom stereocenters. The summed E-state index contributed by atoms with van der Waals surface area (Å²) in [4.78, 5) is 16.0. The highest BCUT2D eigenvalue weighted by Crippen LogP contribution is 2.30. The highest BCUT2D eigenvalue weighted by atomic mass is 79.9. The van der Waals surface area contributed by atoms with Crippen molar-refractivity contribution in [3.05, 3.63) is 46.1 Å². The maximum Gasteiger partial charge on any atom is 0.343 e. The van der Waals surface area contributed by atoms with Crippen LogP contribution in [0.15, 0.2) is 34.9 Å². The van der Waals surface area contributed by atoms with Crippen LogP contribution in [-0.4, -0.2) is 17.6 Å². The number of aryl methyl sites for hydroxylation is 1. The maximum atomic E-state index is 12.0. The molecule has 1 aromatic carbocycles. The number of carbonyl (C=O) groups is 1. The molecule has 21 heavy (non-hydrogen) atoms. The van der Waals surface area contributed by atoms with Crippen LogP contribution in [0.1, 0.15) is 22.8 Å². The molecule has 2 N–H and O–H groups in total. The van der Waals surface area contributed by atoms with Crippen LogP contribution in [0.2, 0.25) is 0 Å². The molecule has 0 aliphatic rings. The highest BCUT2D eigenvalue weighted by molar-refractivity contribution is 9.10. The van der Waals surface area contributed by atoms with Crippen molar-refractivity contribution >= 4 is 27.6 Å². The number of nitrogens with zero attached hydrogens (tertiary/aromatic N) is 1. The van der Waals surface area contributed by atoms with Crippen molar-refractivity contribution in [1.29, 1.82) is 0 Å². The number of anilines is 1. The molecule has 0 atom stereocenters. The second-order valence-electron chi connectivity index (χ2n) is 4.35. The largest absolute Gasteiger partial charge is 0.462 e. The third kappa shape index (κ3) is 3.72. The minimum absolute atomic E-state index is 0.170. The minimum Gasteiger partial charge on any atom is -0.462 e. The van der Waals surface area contributed by atoms with Crippen LogP contribution in [0.4, 0.5) is 5.69 Å². The number of hydrogen-bond acceptors (Lipinski definition) is 5. The summed E-state index contributed by atoms with van der Waals surface area (Å²) in [7, 11) is 0. The molecule has 2 aromatic rings. The van der Waals surface area contributed by atoms with Crippen molar-refractivity contribution < 1.29 is 14.3 Å². The first kappa shape index (κ1) is 15.3. The number of nitrogen functional groups attached to an aromatic ring is 1. The van der Waals surface area contributed by atoms with Gasteiger partial charge in [-0.2, -0.15) is 0 Å². The molecule has 2 rings (SSSR count). The van der Waals surface area contributed by atoms with Crippen molar-refractivity contribution in [3.8, 4) is 11.6 Å². The van der Waals surface area contributed by atoms with Crippen molar-refractivity contribution in [2.75, 3.05) is 12.3 Å². The summed E-state index contributed by atoms with van der Waals surface area (Å²) < 4.78 is 11.6. The normalized spacial score (nSPS) is 10.2. The number of rotatable bonds is 4. The second-order valence-corrected chi connectivity index (χ2v) is 5.27. The van der Waals surface area contributed by atoms with Gasteiger partial charge < -0.3 is 15.2 Å². The SMILES string of the molecule is CCOC(=O)c1cc(N)cnc1Oc1cc(Br)ccc1C. The van der Waals surface area contributed by atoms with E-state index in [1.165, 1.54) is 12.3 Å². The van der Waals surface area contributed by atoms with Gasteiger partial charge in [0.05, 0.1) is 18.5 Å². The molecule has 0 saturated heterocycles. The van der Waals surface area contributed by atoms with Crippen LogP contribution < -0.4 is 10.5 Å². The Balaban J connectivity index is 2.39. The number of hydrogen-bond donors (Lipinski definition) is 1. The second kappa shape index (κ2) is 6.58. The Morgan fingerprint density at radius 2 is 2.14 bits per heavy atom. The van der Waals surface area contributed by atoms with Crippen LogP contribution in [0.3, 0.4) is 0 Å². The first-order valence-electron chi connectivity index (χ1n) is 6.38. The molecule has 0 bridgehead atoms. The Bertz CT molecular complexity index is 674. The number of halogens is 1. The summed E-state index contributed by atoms with van der Waals surface area (Å²) in [5, 5.41) is 0. The number of benzene rings is 1. The summed E-state index contributed by atoms with van der Waals surface area (Å²) in [6.45, 7) is 3.91. The van der Waals surface area contributed by atoms with Gasteiger partial charge in [-0.25, -0.2) is 9.78 Å². The van der Waals surface area contributed by atoms with Gasteiger partial charge >= 0.3 is 5.97 Å². The number of ether oxygens (including phenoxy) is 2. The molecule has 0 fully saturated rings. The molecular weight excluding hydrogens is 336 g/mol. The van der Waals surface area contributed by atoms with Crippen LogP contribution >= 0.6 is 15.9 Å². The Hall–Kier alpha value is -2.08. The van der Waals surface area contributed by atoms with E-state index in [4.69, 9.17) is 15.2 Å². The van der Waals surface area contributed by atoms with Gasteiger partial charge in [0, 0.05) is 4.47 Å². The Kier molecular flexibility index (Phi) is 4.80. The molecule has 6 heteroatoms. The molecule has 0 aliphatic carbocycles. The fraction of sp³-hybridized carbons (Fsp3) is 0.200. The average molecular weight is 351 g/mol. The van der Waals surface area contributed by atoms with Gasteiger partial charge in [0.1, 0.15) is 11.3 Å². The predicted molar refractivity (Wildman–Crippen MR) is 83.6 cm³/mol. The molecular formula is C15H15BrN2O3. The van der Waals surface area contributed by atoms with Crippen LogP contribution in [0.25, 0.3) is 0 Å². The lowest BCUT2D eigenvalue weighted by Crippen LogP contribution is -2.08. The number of aromatic nitrogens is 1. The molecule has 0 amide bonds. The lowest BCUT2D eigenvalue weighted by atomic mass is 10.2. The van der Waals surface area contributed by atoms with Crippen molar-refractivity contribution in [1.82, 2.24) is 4.98 Å². The number of esters is 1. The van der Waals surface area contributed by atoms with Crippen molar-refractivity contribution in [2.45, 2.75) is 13.8 Å². The lowest BCUT2D eigenvalue weighted by Gasteiger charge is -2.12. The molecule has 1 heterocycles. The monoisotopic (exact) mass is 350 g/mol. The molecule has 0 aliphatic heterocycles. The van der Waals surface area contributed by atoms with Crippen molar-refractivity contribution in [3.63, 3.8) is 0 Å². The number of nitrogens with two attached hydrogens (primary N) is 1. The smallest absolute Gasteiger partial charge is 0.343 e. The quantitative estimate of drug-likeness (QED) is 0.850.